The number of carbonyl (C=O) groups is 13. The number of rotatable bonds is 33. The number of benzene rings is 5. The van der Waals surface area contributed by atoms with Crippen molar-refractivity contribution in [2.75, 3.05) is 75.9 Å². The lowest BCUT2D eigenvalue weighted by Gasteiger charge is -2.42. The van der Waals surface area contributed by atoms with E-state index in [-0.39, 0.29) is 111 Å². The zero-order chi connectivity index (χ0) is 99.7. The molecule has 138 heavy (non-hydrogen) atoms. The number of alkyl carbamates (subject to hydrolysis) is 1. The number of nitrogens with two attached hydrogens (primary N) is 2. The SMILES string of the molecule is COc1cc2cc(c1Cl)N(C)C(=O)C[C@H](OC(=O)[C@H](C)N(C)C(=O)CCSSCCC(=O)NCCNC(=O)[C@H](Cc1c[nH]c3ccccc13)NC(=O)[C@@H]1CSSC[C@H](NC(=O)[C@H](N)Cc3ccccc3)C(=O)N[C@@H](Cc3ccc(O)cc3)C(=O)N[C@H](Cc3c[nH]c4ccccc34)C(=O)N[C@@H](CCCCN)C(=O)N[C@@H]([C@@H](C)O)C(=O)N1)[C@]1(C)O[C@H]1[C@H](C)[C@@H]1C[C@@](O)(NC(=O)O1)[C@H](OC)/C=C/C=C(\C)C2. The fourth-order valence-corrected chi connectivity index (χ4v) is 21.1. The first-order valence-electron chi connectivity index (χ1n) is 45.5. The molecule has 3 saturated heterocycles. The number of carbonyl (C=O) groups excluding carboxylic acids is 13. The maximum Gasteiger partial charge on any atom is 0.409 e. The predicted molar refractivity (Wildman–Crippen MR) is 528 cm³/mol. The summed E-state index contributed by atoms with van der Waals surface area (Å²) < 4.78 is 29.7. The smallest absolute Gasteiger partial charge is 0.409 e. The topological polar surface area (TPSA) is 542 Å². The van der Waals surface area contributed by atoms with Crippen LogP contribution in [0.2, 0.25) is 5.02 Å². The molecule has 0 radical (unpaired) electrons. The Balaban J connectivity index is 0.742. The van der Waals surface area contributed by atoms with Gasteiger partial charge in [0.15, 0.2) is 5.72 Å². The van der Waals surface area contributed by atoms with Gasteiger partial charge in [0.1, 0.15) is 88.8 Å². The minimum absolute atomic E-state index is 0.0144. The number of ether oxygens (including phenoxy) is 5. The number of aliphatic hydroxyl groups excluding tert-OH is 1. The summed E-state index contributed by atoms with van der Waals surface area (Å²) in [7, 11) is 10.4. The fourth-order valence-electron chi connectivity index (χ4n) is 16.5. The quantitative estimate of drug-likeness (QED) is 0.0109. The lowest BCUT2D eigenvalue weighted by Crippen LogP contribution is -2.63. The van der Waals surface area contributed by atoms with Gasteiger partial charge in [-0.25, -0.2) is 9.59 Å². The number of phenolic OH excluding ortho intramolecular Hbond substituents is 1. The van der Waals surface area contributed by atoms with E-state index in [4.69, 9.17) is 46.8 Å². The highest BCUT2D eigenvalue weighted by atomic mass is 35.5. The number of aliphatic hydroxyl groups is 2. The van der Waals surface area contributed by atoms with Gasteiger partial charge in [-0.05, 0) is 131 Å². The summed E-state index contributed by atoms with van der Waals surface area (Å²) in [5.41, 5.74) is 14.9. The Morgan fingerprint density at radius 2 is 1.38 bits per heavy atom. The maximum atomic E-state index is 15.3. The van der Waals surface area contributed by atoms with Crippen LogP contribution in [0.15, 0.2) is 151 Å². The van der Waals surface area contributed by atoms with E-state index >= 15 is 19.2 Å². The molecule has 2 aromatic heterocycles. The molecule has 4 bridgehead atoms. The van der Waals surface area contributed by atoms with Crippen molar-refractivity contribution < 1.29 is 101 Å². The number of aromatic hydroxyl groups is 1. The lowest BCUT2D eigenvalue weighted by atomic mass is 9.83. The van der Waals surface area contributed by atoms with Crippen molar-refractivity contribution in [1.29, 1.82) is 0 Å². The molecule has 744 valence electrons. The number of nitrogens with one attached hydrogen (secondary N) is 12. The van der Waals surface area contributed by atoms with Crippen LogP contribution in [-0.4, -0.2) is 274 Å². The second-order valence-corrected chi connectivity index (χ2v) is 40.6. The highest BCUT2D eigenvalue weighted by Crippen LogP contribution is 2.50. The molecule has 0 saturated carbocycles. The van der Waals surface area contributed by atoms with E-state index in [2.05, 4.69) is 63.1 Å². The molecular weight excluding hydrogens is 1880 g/mol. The average molecular weight is 2000 g/mol. The number of fused-ring (bicyclic) bond motifs is 7. The second-order valence-electron chi connectivity index (χ2n) is 34.9. The van der Waals surface area contributed by atoms with Crippen LogP contribution >= 0.6 is 54.8 Å². The van der Waals surface area contributed by atoms with Gasteiger partial charge in [0, 0.05) is 136 Å². The first-order valence-corrected chi connectivity index (χ1v) is 50.9. The van der Waals surface area contributed by atoms with Crippen LogP contribution in [0.25, 0.3) is 21.8 Å². The standard InChI is InChI=1S/C96H123ClN16O21S4/c1-53-20-19-28-77(131-9)96(129)48-76(132-94(128)111-96)54(2)84-95(5,134-84)78(47-81(118)113(7)74-43-59(40-53)44-75(130-8)82(74)97)133-93(127)55(3)112(6)80(117)34-39-136-135-38-33-79(116)100-36-37-101-86(120)70(45-60-49-102-66-25-15-13-23-63(60)66)106-91(125)73-52-138-137-51-72(108-85(119)65(99)41-57-21-11-10-12-22-57)90(124)105-69(42-58-29-31-62(115)32-30-58)88(122)107-71(46-61-50-103-67-26-16-14-24-64(61)67)89(123)104-68(27-17-18-35-98)87(121)110-83(56(4)114)92(126)109-73/h10-16,19-26,28-32,43-44,49-50,54-56,65,68-73,76-78,83-84,102-103,114-115,129H,17-18,27,33-42,45-48,51-52,98-99H2,1-9H3,(H,100,116)(H,101,120)(H,104,123)(H,105,124)(H,106,125)(H,107,122)(H,108,119)(H,109,126)(H,110,121)(H,111,128)/b28-19+,53-20+/t54-,55+,56-,65-,68+,69+,70+,71-,72+,73+,76+,77-,78+,83+,84+,95+,96+/m1/s1. The van der Waals surface area contributed by atoms with Gasteiger partial charge in [-0.2, -0.15) is 0 Å². The van der Waals surface area contributed by atoms with E-state index in [9.17, 15) is 58.5 Å². The first-order chi connectivity index (χ1) is 66.0. The van der Waals surface area contributed by atoms with Crippen molar-refractivity contribution in [3.8, 4) is 11.5 Å². The summed E-state index contributed by atoms with van der Waals surface area (Å²) in [6.45, 7) is 8.00. The number of aromatic nitrogens is 2. The van der Waals surface area contributed by atoms with Crippen LogP contribution in [0, 0.1) is 5.92 Å². The number of likely N-dealkylation sites (N-methyl/N-ethyl adjacent to an activating group) is 1. The molecule has 0 spiro atoms. The second kappa shape index (κ2) is 50.5. The summed E-state index contributed by atoms with van der Waals surface area (Å²) >= 11 is 6.89. The average Bonchev–Trinajstić information content (AvgIpc) is 1.57. The number of halogens is 1. The van der Waals surface area contributed by atoms with Crippen molar-refractivity contribution in [2.24, 2.45) is 17.4 Å². The minimum Gasteiger partial charge on any atom is -0.508 e. The summed E-state index contributed by atoms with van der Waals surface area (Å²) in [5.74, 6) is -9.72. The maximum absolute atomic E-state index is 15.3. The highest BCUT2D eigenvalue weighted by molar-refractivity contribution is 8.77. The normalized spacial score (nSPS) is 24.7. The number of anilines is 1. The molecule has 12 amide bonds. The summed E-state index contributed by atoms with van der Waals surface area (Å²) in [5, 5.41) is 62.7. The Morgan fingerprint density at radius 3 is 2.06 bits per heavy atom. The van der Waals surface area contributed by atoms with Crippen LogP contribution in [-0.2, 0) is 109 Å². The third-order valence-corrected chi connectivity index (χ3v) is 29.9. The number of H-pyrrole nitrogens is 2. The number of para-hydroxylation sites is 2. The van der Waals surface area contributed by atoms with Gasteiger partial charge in [0.05, 0.1) is 37.5 Å². The lowest BCUT2D eigenvalue weighted by molar-refractivity contribution is -0.162. The number of methoxy groups -OCH3 is 2. The minimum atomic E-state index is -1.93. The molecule has 3 fully saturated rings. The van der Waals surface area contributed by atoms with Crippen LogP contribution in [0.5, 0.6) is 11.5 Å². The van der Waals surface area contributed by atoms with E-state index < -0.39 is 180 Å². The molecule has 4 aliphatic rings. The van der Waals surface area contributed by atoms with Crippen molar-refractivity contribution in [3.05, 3.63) is 184 Å². The molecule has 0 aliphatic carbocycles. The predicted octanol–water partition coefficient (Wildman–Crippen LogP) is 5.17. The third-order valence-electron chi connectivity index (χ3n) is 24.7. The number of aromatic amines is 2. The van der Waals surface area contributed by atoms with Gasteiger partial charge in [0.2, 0.25) is 65.0 Å². The molecule has 7 aromatic rings. The van der Waals surface area contributed by atoms with Gasteiger partial charge < -0.3 is 118 Å². The van der Waals surface area contributed by atoms with E-state index in [1.165, 1.54) is 97.8 Å². The van der Waals surface area contributed by atoms with Crippen molar-refractivity contribution >= 4 is 159 Å². The molecule has 11 rings (SSSR count). The molecule has 37 nitrogen and oxygen atoms in total. The first kappa shape index (κ1) is 107. The zero-order valence-electron chi connectivity index (χ0n) is 78.2. The number of nitrogens with zero attached hydrogens (tertiary/aromatic N) is 2. The Morgan fingerprint density at radius 1 is 0.746 bits per heavy atom. The number of unbranched alkanes of at least 4 members (excludes halogenated alkanes) is 1. The van der Waals surface area contributed by atoms with Gasteiger partial charge >= 0.3 is 12.1 Å². The number of amides is 12. The Kier molecular flexibility index (Phi) is 39.1. The van der Waals surface area contributed by atoms with E-state index in [1.807, 2.05) is 49.4 Å². The Hall–Kier alpha value is -11.4. The van der Waals surface area contributed by atoms with Gasteiger partial charge in [0.25, 0.3) is 0 Å². The third kappa shape index (κ3) is 29.1. The number of epoxide rings is 1. The largest absolute Gasteiger partial charge is 0.508 e. The number of hydrogen-bond donors (Lipinski definition) is 17. The summed E-state index contributed by atoms with van der Waals surface area (Å²) in [6.07, 6.45) is 1.77. The van der Waals surface area contributed by atoms with E-state index in [0.29, 0.717) is 74.1 Å². The molecule has 4 aliphatic heterocycles. The van der Waals surface area contributed by atoms with E-state index in [0.717, 1.165) is 32.7 Å². The molecular formula is C96H123ClN16O21S4. The number of esters is 1. The zero-order valence-corrected chi connectivity index (χ0v) is 82.2. The van der Waals surface area contributed by atoms with Gasteiger partial charge in [-0.3, -0.25) is 58.1 Å². The number of allylic oxidation sites excluding steroid dienone is 3. The van der Waals surface area contributed by atoms with Gasteiger partial charge in [-0.1, -0.05) is 164 Å². The van der Waals surface area contributed by atoms with Crippen LogP contribution in [0.1, 0.15) is 107 Å². The van der Waals surface area contributed by atoms with E-state index in [1.54, 1.807) is 93.0 Å². The molecule has 6 heterocycles. The van der Waals surface area contributed by atoms with Crippen LogP contribution in [0.3, 0.4) is 0 Å². The number of phenols is 1. The molecule has 17 atom stereocenters. The van der Waals surface area contributed by atoms with Crippen LogP contribution < -0.4 is 74.3 Å². The molecule has 42 heteroatoms. The van der Waals surface area contributed by atoms with Gasteiger partial charge in [-0.15, -0.1) is 0 Å². The summed E-state index contributed by atoms with van der Waals surface area (Å²) in [4.78, 5) is 198. The Labute approximate surface area is 820 Å². The fraction of sp³-hybridized carbons (Fsp3) is 0.469. The monoisotopic (exact) mass is 2000 g/mol. The molecule has 5 aromatic carbocycles. The number of hydrogen-bond acceptors (Lipinski definition) is 27. The van der Waals surface area contributed by atoms with Crippen LogP contribution in [0.4, 0.5) is 10.5 Å². The summed E-state index contributed by atoms with van der Waals surface area (Å²) in [6, 6.07) is 19.6. The van der Waals surface area contributed by atoms with Crippen molar-refractivity contribution in [1.82, 2.24) is 68.0 Å². The highest BCUT2D eigenvalue weighted by Gasteiger charge is 2.65. The van der Waals surface area contributed by atoms with Crippen molar-refractivity contribution in [2.45, 2.75) is 208 Å². The Bertz CT molecular complexity index is 5540. The van der Waals surface area contributed by atoms with Crippen molar-refractivity contribution in [3.63, 3.8) is 0 Å². The molecule has 0 unspecified atom stereocenters. The molecule has 19 N–H and O–H groups in total.